The zero-order valence-corrected chi connectivity index (χ0v) is 20.2. The first-order valence-electron chi connectivity index (χ1n) is 10.2. The van der Waals surface area contributed by atoms with Crippen molar-refractivity contribution in [3.63, 3.8) is 0 Å². The van der Waals surface area contributed by atoms with Gasteiger partial charge in [0.1, 0.15) is 5.69 Å². The van der Waals surface area contributed by atoms with Gasteiger partial charge in [-0.15, -0.1) is 16.8 Å². The summed E-state index contributed by atoms with van der Waals surface area (Å²) in [4.78, 5) is 5.26. The van der Waals surface area contributed by atoms with Gasteiger partial charge in [-0.05, 0) is 15.9 Å². The maximum atomic E-state index is 7.38. The van der Waals surface area contributed by atoms with E-state index in [-0.39, 0.29) is 20.1 Å². The van der Waals surface area contributed by atoms with Crippen molar-refractivity contribution in [2.45, 2.75) is 6.92 Å². The van der Waals surface area contributed by atoms with Gasteiger partial charge < -0.3 is 0 Å². The largest absolute Gasteiger partial charge is 0.286 e. The smallest absolute Gasteiger partial charge is 0.265 e. The van der Waals surface area contributed by atoms with E-state index >= 15 is 0 Å². The van der Waals surface area contributed by atoms with Gasteiger partial charge in [0.2, 0.25) is 0 Å². The van der Waals surface area contributed by atoms with Crippen LogP contribution in [0.1, 0.15) is 5.82 Å². The second kappa shape index (κ2) is 9.70. The molecule has 1 heterocycles. The molecule has 0 aliphatic carbocycles. The molecule has 0 unspecified atom stereocenters. The van der Waals surface area contributed by atoms with Crippen LogP contribution in [-0.4, -0.2) is 15.0 Å². The molecule has 0 aliphatic heterocycles. The number of rotatable bonds is 4. The van der Waals surface area contributed by atoms with E-state index in [2.05, 4.69) is 63.7 Å². The number of aryl methyl sites for hydroxylation is 1. The molecule has 0 saturated heterocycles. The first-order valence-corrected chi connectivity index (χ1v) is 10.2. The molecule has 5 aromatic rings. The number of tetrazole rings is 1. The fourth-order valence-electron chi connectivity index (χ4n) is 3.84. The van der Waals surface area contributed by atoms with Crippen LogP contribution in [0.2, 0.25) is 0 Å². The van der Waals surface area contributed by atoms with Crippen LogP contribution in [0.25, 0.3) is 38.5 Å². The third-order valence-corrected chi connectivity index (χ3v) is 5.30. The molecule has 5 nitrogen and oxygen atoms in total. The zero-order valence-electron chi connectivity index (χ0n) is 17.8. The average molecular weight is 606 g/mol. The molecule has 1 aromatic heterocycles. The Bertz CT molecular complexity index is 1380. The van der Waals surface area contributed by atoms with Gasteiger partial charge in [-0.1, -0.05) is 78.9 Å². The van der Waals surface area contributed by atoms with Gasteiger partial charge in [-0.25, -0.2) is 0 Å². The second-order valence-electron chi connectivity index (χ2n) is 7.32. The Morgan fingerprint density at radius 1 is 0.848 bits per heavy atom. The maximum absolute atomic E-state index is 7.38. The van der Waals surface area contributed by atoms with Crippen LogP contribution in [0.3, 0.4) is 0 Å². The Kier molecular flexibility index (Phi) is 6.55. The van der Waals surface area contributed by atoms with Crippen molar-refractivity contribution in [2.24, 2.45) is 0 Å². The number of hydrogen-bond donors (Lipinski definition) is 0. The predicted octanol–water partition coefficient (Wildman–Crippen LogP) is 5.53. The topological polar surface area (TPSA) is 39.0 Å². The molecule has 33 heavy (non-hydrogen) atoms. The quantitative estimate of drug-likeness (QED) is 0.200. The summed E-state index contributed by atoms with van der Waals surface area (Å²) in [5.41, 5.74) is 6.46. The fourth-order valence-corrected chi connectivity index (χ4v) is 3.84. The average Bonchev–Trinajstić information content (AvgIpc) is 3.25. The van der Waals surface area contributed by atoms with Gasteiger partial charge in [0.25, 0.3) is 5.82 Å². The molecular weight excluding hydrogens is 587 g/mol. The van der Waals surface area contributed by atoms with Gasteiger partial charge in [0.05, 0.1) is 23.0 Å². The molecule has 4 aromatic carbocycles. The van der Waals surface area contributed by atoms with E-state index in [9.17, 15) is 0 Å². The summed E-state index contributed by atoms with van der Waals surface area (Å²) in [6, 6.07) is 35.3. The number of benzene rings is 4. The monoisotopic (exact) mass is 606 g/mol. The van der Waals surface area contributed by atoms with Crippen molar-refractivity contribution < 1.29 is 24.9 Å². The third-order valence-electron chi connectivity index (χ3n) is 5.30. The molecule has 0 atom stereocenters. The van der Waals surface area contributed by atoms with Crippen molar-refractivity contribution in [2.75, 3.05) is 0 Å². The normalized spacial score (nSPS) is 10.3. The van der Waals surface area contributed by atoms with E-state index < -0.39 is 0 Å². The van der Waals surface area contributed by atoms with Gasteiger partial charge >= 0.3 is 0 Å². The Hall–Kier alpha value is -3.91. The summed E-state index contributed by atoms with van der Waals surface area (Å²) in [5, 5.41) is 8.78. The number of hydrogen-bond acceptors (Lipinski definition) is 2. The Balaban J connectivity index is 0.00000259. The minimum atomic E-state index is 0. The number of para-hydroxylation sites is 1. The fraction of sp³-hybridized carbons (Fsp3) is 0.0370. The van der Waals surface area contributed by atoms with Gasteiger partial charge in [0, 0.05) is 38.2 Å². The van der Waals surface area contributed by atoms with Crippen LogP contribution in [0.5, 0.6) is 0 Å². The predicted molar refractivity (Wildman–Crippen MR) is 124 cm³/mol. The number of nitrogens with zero attached hydrogens (tertiary/aromatic N) is 5. The minimum absolute atomic E-state index is 0. The van der Waals surface area contributed by atoms with Crippen molar-refractivity contribution in [1.29, 1.82) is 0 Å². The second-order valence-corrected chi connectivity index (χ2v) is 7.32. The summed E-state index contributed by atoms with van der Waals surface area (Å²) in [6.07, 6.45) is 0. The maximum Gasteiger partial charge on any atom is 0.286 e. The molecule has 0 bridgehead atoms. The SMILES string of the molecule is [C-]#[N+]c1cc[c-]c(-[n+]2nnc(C)n2-c2c(-c3ccccc3)cccc2-c2ccccc2)c1.[Ir]. The summed E-state index contributed by atoms with van der Waals surface area (Å²) in [6.45, 7) is 9.31. The molecule has 0 spiro atoms. The zero-order chi connectivity index (χ0) is 21.9. The molecule has 0 saturated carbocycles. The first kappa shape index (κ1) is 22.3. The summed E-state index contributed by atoms with van der Waals surface area (Å²) in [5.74, 6) is 0.729. The van der Waals surface area contributed by atoms with Crippen molar-refractivity contribution in [3.05, 3.63) is 120 Å². The van der Waals surface area contributed by atoms with Crippen molar-refractivity contribution >= 4 is 5.69 Å². The third kappa shape index (κ3) is 4.25. The molecule has 6 heteroatoms. The molecule has 1 radical (unpaired) electrons. The minimum Gasteiger partial charge on any atom is -0.265 e. The first-order chi connectivity index (χ1) is 15.8. The standard InChI is InChI=1S/C27H19N5.Ir/c1-20-29-30-32(24-16-9-15-23(19-24)28-2)31(20)27-25(21-11-5-3-6-12-21)17-10-18-26(27)22-13-7-4-8-14-22;/h3-15,17-19H,1H3;. The molecule has 161 valence electrons. The van der Waals surface area contributed by atoms with E-state index in [4.69, 9.17) is 6.57 Å². The van der Waals surface area contributed by atoms with Crippen LogP contribution in [0.15, 0.2) is 97.1 Å². The molecule has 0 aliphatic rings. The Morgan fingerprint density at radius 3 is 2.03 bits per heavy atom. The van der Waals surface area contributed by atoms with Crippen LogP contribution < -0.4 is 4.80 Å². The van der Waals surface area contributed by atoms with Gasteiger partial charge in [-0.3, -0.25) is 4.85 Å². The van der Waals surface area contributed by atoms with E-state index in [0.29, 0.717) is 11.4 Å². The van der Waals surface area contributed by atoms with Crippen molar-refractivity contribution in [1.82, 2.24) is 15.0 Å². The Labute approximate surface area is 206 Å². The van der Waals surface area contributed by atoms with Crippen molar-refractivity contribution in [3.8, 4) is 33.6 Å². The van der Waals surface area contributed by atoms with E-state index in [0.717, 1.165) is 33.8 Å². The van der Waals surface area contributed by atoms with Gasteiger partial charge in [0.15, 0.2) is 5.21 Å². The molecule has 0 fully saturated rings. The van der Waals surface area contributed by atoms with E-state index in [1.54, 1.807) is 23.0 Å². The number of aromatic nitrogens is 4. The summed E-state index contributed by atoms with van der Waals surface area (Å²) in [7, 11) is 0. The van der Waals surface area contributed by atoms with E-state index in [1.807, 2.05) is 48.0 Å². The Morgan fingerprint density at radius 2 is 1.45 bits per heavy atom. The van der Waals surface area contributed by atoms with Crippen LogP contribution in [0.4, 0.5) is 5.69 Å². The van der Waals surface area contributed by atoms with Gasteiger partial charge in [-0.2, -0.15) is 12.1 Å². The van der Waals surface area contributed by atoms with Crippen LogP contribution in [0, 0.1) is 19.6 Å². The van der Waals surface area contributed by atoms with E-state index in [1.165, 1.54) is 0 Å². The van der Waals surface area contributed by atoms with Crippen LogP contribution in [-0.2, 0) is 20.1 Å². The van der Waals surface area contributed by atoms with Crippen LogP contribution >= 0.6 is 0 Å². The summed E-state index contributed by atoms with van der Waals surface area (Å²) < 4.78 is 1.99. The molecule has 0 amide bonds. The molecule has 5 rings (SSSR count). The molecule has 0 N–H and O–H groups in total. The molecular formula is C27H19IrN5. The summed E-state index contributed by atoms with van der Waals surface area (Å²) >= 11 is 0.